The Morgan fingerprint density at radius 1 is 0.800 bits per heavy atom. The van der Waals surface area contributed by atoms with Gasteiger partial charge in [0.15, 0.2) is 11.6 Å². The first-order chi connectivity index (χ1) is 12.2. The summed E-state index contributed by atoms with van der Waals surface area (Å²) < 4.78 is 32.1. The monoisotopic (exact) mass is 344 g/mol. The van der Waals surface area contributed by atoms with Gasteiger partial charge >= 0.3 is 0 Å². The number of benzene rings is 2. The summed E-state index contributed by atoms with van der Waals surface area (Å²) in [5.74, 6) is 0.152. The largest absolute Gasteiger partial charge is 0.494 e. The van der Waals surface area contributed by atoms with E-state index in [-0.39, 0.29) is 0 Å². The molecule has 2 aromatic carbocycles. The van der Waals surface area contributed by atoms with E-state index in [1.165, 1.54) is 51.0 Å². The smallest absolute Gasteiger partial charge is 0.159 e. The topological polar surface area (TPSA) is 9.23 Å². The van der Waals surface area contributed by atoms with Gasteiger partial charge in [-0.1, -0.05) is 63.1 Å². The van der Waals surface area contributed by atoms with Gasteiger partial charge in [-0.15, -0.1) is 0 Å². The molecule has 0 bridgehead atoms. The molecule has 0 N–H and O–H groups in total. The molecule has 0 aliphatic heterocycles. The Labute approximate surface area is 149 Å². The highest BCUT2D eigenvalue weighted by atomic mass is 19.2. The maximum Gasteiger partial charge on any atom is 0.159 e. The number of unbranched alkanes of at least 4 members (excludes halogenated alkanes) is 2. The number of hydrogen-bond acceptors (Lipinski definition) is 1. The summed E-state index contributed by atoms with van der Waals surface area (Å²) in [6.07, 6.45) is 10.7. The lowest BCUT2D eigenvalue weighted by molar-refractivity contribution is 0.302. The second-order valence-electron chi connectivity index (χ2n) is 7.00. The normalized spacial score (nSPS) is 14.8. The van der Waals surface area contributed by atoms with Crippen LogP contribution in [0.25, 0.3) is 11.1 Å². The zero-order chi connectivity index (χ0) is 17.5. The Hall–Kier alpha value is -1.90. The van der Waals surface area contributed by atoms with Gasteiger partial charge < -0.3 is 4.74 Å². The molecule has 25 heavy (non-hydrogen) atoms. The third-order valence-electron chi connectivity index (χ3n) is 5.11. The predicted molar refractivity (Wildman–Crippen MR) is 97.7 cm³/mol. The molecule has 1 saturated carbocycles. The highest BCUT2D eigenvalue weighted by Gasteiger charge is 2.13. The SMILES string of the molecule is Fc1ccc(-c2ccc(OCCCCCC3CCCC3)cc2)cc1F. The fraction of sp³-hybridized carbons (Fsp3) is 0.455. The molecule has 1 nitrogen and oxygen atoms in total. The third kappa shape index (κ3) is 5.29. The minimum absolute atomic E-state index is 0.664. The van der Waals surface area contributed by atoms with Crippen LogP contribution in [-0.4, -0.2) is 6.61 Å². The Kier molecular flexibility index (Phi) is 6.43. The van der Waals surface area contributed by atoms with Crippen LogP contribution < -0.4 is 4.74 Å². The molecule has 0 spiro atoms. The molecule has 3 rings (SSSR count). The maximum absolute atomic E-state index is 13.3. The second kappa shape index (κ2) is 8.98. The van der Waals surface area contributed by atoms with Gasteiger partial charge in [-0.3, -0.25) is 0 Å². The van der Waals surface area contributed by atoms with Crippen LogP contribution in [0, 0.1) is 17.6 Å². The van der Waals surface area contributed by atoms with Gasteiger partial charge in [0.05, 0.1) is 6.61 Å². The van der Waals surface area contributed by atoms with E-state index >= 15 is 0 Å². The van der Waals surface area contributed by atoms with Crippen molar-refractivity contribution in [1.29, 1.82) is 0 Å². The molecule has 0 aromatic heterocycles. The van der Waals surface area contributed by atoms with Crippen molar-refractivity contribution < 1.29 is 13.5 Å². The Balaban J connectivity index is 1.39. The first-order valence-corrected chi connectivity index (χ1v) is 9.40. The summed E-state index contributed by atoms with van der Waals surface area (Å²) in [7, 11) is 0. The van der Waals surface area contributed by atoms with Crippen LogP contribution in [0.4, 0.5) is 8.78 Å². The van der Waals surface area contributed by atoms with Crippen LogP contribution >= 0.6 is 0 Å². The molecule has 0 radical (unpaired) electrons. The van der Waals surface area contributed by atoms with Gasteiger partial charge in [0.25, 0.3) is 0 Å². The van der Waals surface area contributed by atoms with E-state index in [1.54, 1.807) is 6.07 Å². The van der Waals surface area contributed by atoms with E-state index in [1.807, 2.05) is 24.3 Å². The van der Waals surface area contributed by atoms with E-state index in [0.29, 0.717) is 5.56 Å². The summed E-state index contributed by atoms with van der Waals surface area (Å²) in [5, 5.41) is 0. The molecular formula is C22H26F2O. The number of halogens is 2. The minimum atomic E-state index is -0.824. The Morgan fingerprint density at radius 3 is 2.24 bits per heavy atom. The van der Waals surface area contributed by atoms with E-state index in [9.17, 15) is 8.78 Å². The predicted octanol–water partition coefficient (Wildman–Crippen LogP) is 6.76. The molecule has 0 amide bonds. The van der Waals surface area contributed by atoms with Crippen LogP contribution in [0.3, 0.4) is 0 Å². The van der Waals surface area contributed by atoms with Crippen molar-refractivity contribution in [2.24, 2.45) is 5.92 Å². The highest BCUT2D eigenvalue weighted by molar-refractivity contribution is 5.64. The van der Waals surface area contributed by atoms with Crippen LogP contribution in [-0.2, 0) is 0 Å². The van der Waals surface area contributed by atoms with Crippen molar-refractivity contribution in [3.8, 4) is 16.9 Å². The fourth-order valence-corrected chi connectivity index (χ4v) is 3.62. The molecule has 0 atom stereocenters. The molecular weight excluding hydrogens is 318 g/mol. The van der Waals surface area contributed by atoms with E-state index < -0.39 is 11.6 Å². The molecule has 1 aliphatic rings. The fourth-order valence-electron chi connectivity index (χ4n) is 3.62. The molecule has 0 saturated heterocycles. The Morgan fingerprint density at radius 2 is 1.52 bits per heavy atom. The molecule has 1 fully saturated rings. The van der Waals surface area contributed by atoms with E-state index in [2.05, 4.69) is 0 Å². The van der Waals surface area contributed by atoms with E-state index in [0.717, 1.165) is 36.3 Å². The lowest BCUT2D eigenvalue weighted by Gasteiger charge is -2.09. The molecule has 0 unspecified atom stereocenters. The Bertz CT molecular complexity index is 660. The molecule has 3 heteroatoms. The van der Waals surface area contributed by atoms with Crippen molar-refractivity contribution in [1.82, 2.24) is 0 Å². The summed E-state index contributed by atoms with van der Waals surface area (Å²) in [5.41, 5.74) is 1.51. The zero-order valence-corrected chi connectivity index (χ0v) is 14.6. The number of ether oxygens (including phenoxy) is 1. The van der Waals surface area contributed by atoms with Crippen molar-refractivity contribution in [3.63, 3.8) is 0 Å². The van der Waals surface area contributed by atoms with Gasteiger partial charge in [0.2, 0.25) is 0 Å². The molecule has 0 heterocycles. The third-order valence-corrected chi connectivity index (χ3v) is 5.11. The van der Waals surface area contributed by atoms with Crippen LogP contribution in [0.5, 0.6) is 5.75 Å². The van der Waals surface area contributed by atoms with Gasteiger partial charge in [-0.25, -0.2) is 8.78 Å². The molecule has 134 valence electrons. The number of hydrogen-bond donors (Lipinski definition) is 0. The van der Waals surface area contributed by atoms with Gasteiger partial charge in [-0.2, -0.15) is 0 Å². The van der Waals surface area contributed by atoms with Crippen LogP contribution in [0.2, 0.25) is 0 Å². The van der Waals surface area contributed by atoms with Gasteiger partial charge in [0, 0.05) is 0 Å². The van der Waals surface area contributed by atoms with Gasteiger partial charge in [0.1, 0.15) is 5.75 Å². The summed E-state index contributed by atoms with van der Waals surface area (Å²) in [4.78, 5) is 0. The van der Waals surface area contributed by atoms with Crippen LogP contribution in [0.1, 0.15) is 51.4 Å². The minimum Gasteiger partial charge on any atom is -0.494 e. The standard InChI is InChI=1S/C22H26F2O/c23-21-14-11-19(16-22(21)24)18-9-12-20(13-10-18)25-15-5-1-2-6-17-7-3-4-8-17/h9-14,16-17H,1-8,15H2. The van der Waals surface area contributed by atoms with Crippen molar-refractivity contribution in [2.75, 3.05) is 6.61 Å². The van der Waals surface area contributed by atoms with Crippen molar-refractivity contribution in [2.45, 2.75) is 51.4 Å². The average molecular weight is 344 g/mol. The van der Waals surface area contributed by atoms with Crippen LogP contribution in [0.15, 0.2) is 42.5 Å². The summed E-state index contributed by atoms with van der Waals surface area (Å²) in [6, 6.07) is 11.5. The highest BCUT2D eigenvalue weighted by Crippen LogP contribution is 2.29. The first-order valence-electron chi connectivity index (χ1n) is 9.40. The van der Waals surface area contributed by atoms with Crippen molar-refractivity contribution >= 4 is 0 Å². The number of rotatable bonds is 8. The first kappa shape index (κ1) is 17.9. The van der Waals surface area contributed by atoms with Gasteiger partial charge in [-0.05, 0) is 47.7 Å². The lowest BCUT2D eigenvalue weighted by Crippen LogP contribution is -1.98. The van der Waals surface area contributed by atoms with E-state index in [4.69, 9.17) is 4.74 Å². The lowest BCUT2D eigenvalue weighted by atomic mass is 10.0. The summed E-state index contributed by atoms with van der Waals surface area (Å²) >= 11 is 0. The maximum atomic E-state index is 13.3. The van der Waals surface area contributed by atoms with Crippen molar-refractivity contribution in [3.05, 3.63) is 54.1 Å². The zero-order valence-electron chi connectivity index (χ0n) is 14.6. The average Bonchev–Trinajstić information content (AvgIpc) is 3.14. The quantitative estimate of drug-likeness (QED) is 0.481. The molecule has 1 aliphatic carbocycles. The summed E-state index contributed by atoms with van der Waals surface area (Å²) in [6.45, 7) is 0.731. The second-order valence-corrected chi connectivity index (χ2v) is 7.00. The molecule has 2 aromatic rings.